The number of ether oxygens (including phenoxy) is 1. The van der Waals surface area contributed by atoms with E-state index in [1.54, 1.807) is 28.8 Å². The molecule has 8 rings (SSSR count). The standard InChI is InChI=1S/C30H32F2N6O2/c31-20-12-30(7-2-8-37(30)14-20)17-40-29-34-28(36-15-21-5-6-22(16-36)33-21)26-10-19(13-38(26)35-29)24-11-23(39)9-18-3-1-4-25(32)27(18)24/h1,3-4,9-11,13,20-22,33,39H,2,5-8,12,14-17H2/t20-,21?,22?,30+/m1/s1. The number of anilines is 1. The summed E-state index contributed by atoms with van der Waals surface area (Å²) < 4.78 is 37.4. The van der Waals surface area contributed by atoms with Gasteiger partial charge in [0.05, 0.1) is 5.54 Å². The van der Waals surface area contributed by atoms with Gasteiger partial charge in [0.15, 0.2) is 5.82 Å². The Labute approximate surface area is 230 Å². The third kappa shape index (κ3) is 3.91. The number of fused-ring (bicyclic) bond motifs is 5. The average Bonchev–Trinajstić information content (AvgIpc) is 3.68. The van der Waals surface area contributed by atoms with Gasteiger partial charge in [-0.05, 0) is 67.4 Å². The van der Waals surface area contributed by atoms with Crippen LogP contribution in [-0.4, -0.2) is 81.2 Å². The van der Waals surface area contributed by atoms with E-state index in [-0.39, 0.29) is 23.1 Å². The highest BCUT2D eigenvalue weighted by Crippen LogP contribution is 2.41. The van der Waals surface area contributed by atoms with E-state index in [2.05, 4.69) is 15.1 Å². The van der Waals surface area contributed by atoms with Gasteiger partial charge in [-0.25, -0.2) is 13.3 Å². The molecule has 208 valence electrons. The molecule has 2 aromatic heterocycles. The van der Waals surface area contributed by atoms with Crippen molar-refractivity contribution in [1.82, 2.24) is 24.8 Å². The number of halogens is 2. The van der Waals surface area contributed by atoms with Crippen LogP contribution in [0.15, 0.2) is 42.6 Å². The van der Waals surface area contributed by atoms with Crippen LogP contribution in [0.5, 0.6) is 11.8 Å². The zero-order chi connectivity index (χ0) is 27.0. The molecule has 2 unspecified atom stereocenters. The summed E-state index contributed by atoms with van der Waals surface area (Å²) in [6.07, 6.45) is 5.72. The molecule has 6 heterocycles. The lowest BCUT2D eigenvalue weighted by atomic mass is 9.95. The predicted molar refractivity (Wildman–Crippen MR) is 148 cm³/mol. The van der Waals surface area contributed by atoms with E-state index < -0.39 is 6.17 Å². The second-order valence-electron chi connectivity index (χ2n) is 12.0. The Bertz CT molecular complexity index is 1620. The Morgan fingerprint density at radius 1 is 1.12 bits per heavy atom. The summed E-state index contributed by atoms with van der Waals surface area (Å²) in [6, 6.07) is 11.1. The van der Waals surface area contributed by atoms with E-state index in [1.807, 2.05) is 12.3 Å². The van der Waals surface area contributed by atoms with E-state index in [9.17, 15) is 9.50 Å². The number of aromatic nitrogens is 3. The quantitative estimate of drug-likeness (QED) is 0.387. The van der Waals surface area contributed by atoms with E-state index in [4.69, 9.17) is 14.8 Å². The molecule has 4 aliphatic rings. The fraction of sp³-hybridized carbons (Fsp3) is 0.467. The second-order valence-corrected chi connectivity index (χ2v) is 12.0. The van der Waals surface area contributed by atoms with Crippen molar-refractivity contribution < 1.29 is 18.6 Å². The summed E-state index contributed by atoms with van der Waals surface area (Å²) in [5, 5.41) is 19.9. The summed E-state index contributed by atoms with van der Waals surface area (Å²) in [7, 11) is 0. The minimum absolute atomic E-state index is 0.0699. The monoisotopic (exact) mass is 546 g/mol. The molecule has 2 aromatic carbocycles. The molecule has 4 aliphatic heterocycles. The predicted octanol–water partition coefficient (Wildman–Crippen LogP) is 4.29. The first-order valence-corrected chi connectivity index (χ1v) is 14.3. The first-order chi connectivity index (χ1) is 19.4. The van der Waals surface area contributed by atoms with Crippen molar-refractivity contribution in [3.05, 3.63) is 48.4 Å². The Hall–Kier alpha value is -3.50. The van der Waals surface area contributed by atoms with Crippen molar-refractivity contribution in [2.24, 2.45) is 0 Å². The highest BCUT2D eigenvalue weighted by Gasteiger charge is 2.49. The van der Waals surface area contributed by atoms with E-state index in [1.165, 1.54) is 6.07 Å². The van der Waals surface area contributed by atoms with Crippen molar-refractivity contribution in [3.8, 4) is 22.9 Å². The molecule has 0 amide bonds. The van der Waals surface area contributed by atoms with Crippen LogP contribution in [0.1, 0.15) is 32.1 Å². The molecule has 2 bridgehead atoms. The van der Waals surface area contributed by atoms with E-state index in [0.717, 1.165) is 62.2 Å². The number of piperazine rings is 1. The highest BCUT2D eigenvalue weighted by molar-refractivity contribution is 5.99. The molecule has 8 nitrogen and oxygen atoms in total. The van der Waals surface area contributed by atoms with E-state index >= 15 is 4.39 Å². The molecular formula is C30H32F2N6O2. The smallest absolute Gasteiger partial charge is 0.336 e. The van der Waals surface area contributed by atoms with Gasteiger partial charge in [-0.15, -0.1) is 5.10 Å². The van der Waals surface area contributed by atoms with Gasteiger partial charge in [-0.1, -0.05) is 12.1 Å². The third-order valence-electron chi connectivity index (χ3n) is 9.39. The van der Waals surface area contributed by atoms with Gasteiger partial charge in [0.2, 0.25) is 0 Å². The number of phenolic OH excluding ortho intramolecular Hbond substituents is 1. The minimum Gasteiger partial charge on any atom is -0.508 e. The van der Waals surface area contributed by atoms with Gasteiger partial charge in [0, 0.05) is 55.3 Å². The maximum Gasteiger partial charge on any atom is 0.336 e. The van der Waals surface area contributed by atoms with Crippen LogP contribution in [0.3, 0.4) is 0 Å². The summed E-state index contributed by atoms with van der Waals surface area (Å²) in [6.45, 7) is 3.37. The maximum atomic E-state index is 15.0. The van der Waals surface area contributed by atoms with Crippen LogP contribution in [0, 0.1) is 5.82 Å². The molecule has 2 N–H and O–H groups in total. The van der Waals surface area contributed by atoms with Crippen molar-refractivity contribution in [2.45, 2.75) is 55.9 Å². The van der Waals surface area contributed by atoms with Crippen LogP contribution >= 0.6 is 0 Å². The van der Waals surface area contributed by atoms with Crippen LogP contribution < -0.4 is 15.0 Å². The van der Waals surface area contributed by atoms with Crippen LogP contribution in [-0.2, 0) is 0 Å². The van der Waals surface area contributed by atoms with Crippen LogP contribution in [0.25, 0.3) is 27.4 Å². The normalized spacial score (nSPS) is 28.1. The number of alkyl halides is 1. The number of benzene rings is 2. The summed E-state index contributed by atoms with van der Waals surface area (Å²) in [5.74, 6) is 0.496. The van der Waals surface area contributed by atoms with Gasteiger partial charge in [0.25, 0.3) is 0 Å². The molecule has 4 fully saturated rings. The molecule has 0 spiro atoms. The van der Waals surface area contributed by atoms with Gasteiger partial charge >= 0.3 is 6.01 Å². The number of nitrogens with zero attached hydrogens (tertiary/aromatic N) is 5. The number of hydrogen-bond acceptors (Lipinski definition) is 7. The lowest BCUT2D eigenvalue weighted by molar-refractivity contribution is 0.106. The van der Waals surface area contributed by atoms with Crippen LogP contribution in [0.2, 0.25) is 0 Å². The van der Waals surface area contributed by atoms with E-state index in [0.29, 0.717) is 48.0 Å². The molecule has 0 saturated carbocycles. The number of nitrogens with one attached hydrogen (secondary N) is 1. The molecule has 10 heteroatoms. The second kappa shape index (κ2) is 9.01. The van der Waals surface area contributed by atoms with Crippen molar-refractivity contribution in [1.29, 1.82) is 0 Å². The first kappa shape index (κ1) is 24.3. The molecule has 40 heavy (non-hydrogen) atoms. The van der Waals surface area contributed by atoms with Crippen molar-refractivity contribution in [2.75, 3.05) is 37.7 Å². The Balaban J connectivity index is 1.22. The van der Waals surface area contributed by atoms with Crippen molar-refractivity contribution >= 4 is 22.1 Å². The molecular weight excluding hydrogens is 514 g/mol. The average molecular weight is 547 g/mol. The summed E-state index contributed by atoms with van der Waals surface area (Å²) in [4.78, 5) is 9.44. The molecule has 0 aliphatic carbocycles. The van der Waals surface area contributed by atoms with Gasteiger partial charge < -0.3 is 20.1 Å². The third-order valence-corrected chi connectivity index (χ3v) is 9.39. The molecule has 4 aromatic rings. The van der Waals surface area contributed by atoms with Crippen molar-refractivity contribution in [3.63, 3.8) is 0 Å². The minimum atomic E-state index is -0.830. The van der Waals surface area contributed by atoms with Gasteiger partial charge in [0.1, 0.15) is 29.9 Å². The molecule has 0 radical (unpaired) electrons. The lowest BCUT2D eigenvalue weighted by Gasteiger charge is -2.34. The Kier molecular flexibility index (Phi) is 5.47. The van der Waals surface area contributed by atoms with Gasteiger partial charge in [-0.3, -0.25) is 4.90 Å². The topological polar surface area (TPSA) is 78.2 Å². The fourth-order valence-electron chi connectivity index (χ4n) is 7.62. The number of phenols is 1. The fourth-order valence-corrected chi connectivity index (χ4v) is 7.62. The Morgan fingerprint density at radius 2 is 1.98 bits per heavy atom. The zero-order valence-corrected chi connectivity index (χ0v) is 22.2. The zero-order valence-electron chi connectivity index (χ0n) is 22.2. The number of hydrogen-bond donors (Lipinski definition) is 2. The summed E-state index contributed by atoms with van der Waals surface area (Å²) in [5.41, 5.74) is 1.81. The SMILES string of the molecule is Oc1cc(-c2cc3c(N4CC5CCC(C4)N5)nc(OC[C@@]45CCCN4C[C@H](F)C5)nn3c2)c2c(F)cccc2c1. The lowest BCUT2D eigenvalue weighted by Crippen LogP contribution is -2.51. The van der Waals surface area contributed by atoms with Crippen LogP contribution in [0.4, 0.5) is 14.6 Å². The number of rotatable bonds is 5. The summed E-state index contributed by atoms with van der Waals surface area (Å²) >= 11 is 0. The maximum absolute atomic E-state index is 15.0. The Morgan fingerprint density at radius 3 is 2.83 bits per heavy atom. The van der Waals surface area contributed by atoms with Gasteiger partial charge in [-0.2, -0.15) is 4.98 Å². The largest absolute Gasteiger partial charge is 0.508 e. The molecule has 4 atom stereocenters. The molecule has 4 saturated heterocycles. The number of aromatic hydroxyl groups is 1. The highest BCUT2D eigenvalue weighted by atomic mass is 19.1. The first-order valence-electron chi connectivity index (χ1n) is 14.3.